The lowest BCUT2D eigenvalue weighted by Gasteiger charge is -2.41. The molecule has 2 aliphatic heterocycles. The Morgan fingerprint density at radius 3 is 2.50 bits per heavy atom. The van der Waals surface area contributed by atoms with Crippen LogP contribution in [0, 0.1) is 11.8 Å². The van der Waals surface area contributed by atoms with Crippen LogP contribution >= 0.6 is 0 Å². The van der Waals surface area contributed by atoms with E-state index in [2.05, 4.69) is 13.8 Å². The van der Waals surface area contributed by atoms with Crippen LogP contribution in [-0.4, -0.2) is 47.3 Å². The Labute approximate surface area is 122 Å². The van der Waals surface area contributed by atoms with Gasteiger partial charge in [0.25, 0.3) is 0 Å². The Hall–Kier alpha value is -1.06. The largest absolute Gasteiger partial charge is 0.342 e. The van der Waals surface area contributed by atoms with Gasteiger partial charge in [0.05, 0.1) is 5.92 Å². The zero-order chi connectivity index (χ0) is 14.7. The van der Waals surface area contributed by atoms with Gasteiger partial charge in [0.1, 0.15) is 0 Å². The summed E-state index contributed by atoms with van der Waals surface area (Å²) < 4.78 is 0. The van der Waals surface area contributed by atoms with Crippen LogP contribution in [0.3, 0.4) is 0 Å². The van der Waals surface area contributed by atoms with Gasteiger partial charge < -0.3 is 9.80 Å². The maximum atomic E-state index is 12.7. The highest BCUT2D eigenvalue weighted by molar-refractivity contribution is 5.84. The molecule has 2 fully saturated rings. The molecule has 0 aromatic heterocycles. The monoisotopic (exact) mass is 280 g/mol. The molecule has 0 aromatic carbocycles. The second-order valence-electron chi connectivity index (χ2n) is 6.71. The minimum Gasteiger partial charge on any atom is -0.342 e. The summed E-state index contributed by atoms with van der Waals surface area (Å²) in [4.78, 5) is 28.7. The zero-order valence-corrected chi connectivity index (χ0v) is 13.1. The topological polar surface area (TPSA) is 40.6 Å². The number of hydrogen-bond acceptors (Lipinski definition) is 2. The first-order chi connectivity index (χ1) is 9.50. The molecule has 2 saturated heterocycles. The Morgan fingerprint density at radius 2 is 1.90 bits per heavy atom. The van der Waals surface area contributed by atoms with Crippen LogP contribution in [0.25, 0.3) is 0 Å². The summed E-state index contributed by atoms with van der Waals surface area (Å²) in [5.41, 5.74) is 0. The molecule has 0 radical (unpaired) electrons. The van der Waals surface area contributed by atoms with Crippen molar-refractivity contribution in [2.75, 3.05) is 19.6 Å². The molecule has 2 heterocycles. The Morgan fingerprint density at radius 1 is 1.25 bits per heavy atom. The van der Waals surface area contributed by atoms with Gasteiger partial charge in [0.2, 0.25) is 11.8 Å². The molecule has 20 heavy (non-hydrogen) atoms. The Kier molecular flexibility index (Phi) is 5.06. The predicted molar refractivity (Wildman–Crippen MR) is 79.2 cm³/mol. The molecule has 0 aromatic rings. The summed E-state index contributed by atoms with van der Waals surface area (Å²) in [6.45, 7) is 8.86. The number of hydrogen-bond donors (Lipinski definition) is 0. The number of amides is 2. The van der Waals surface area contributed by atoms with Gasteiger partial charge in [0.15, 0.2) is 0 Å². The summed E-state index contributed by atoms with van der Waals surface area (Å²) in [5, 5.41) is 0. The van der Waals surface area contributed by atoms with Crippen LogP contribution in [0.4, 0.5) is 0 Å². The second-order valence-corrected chi connectivity index (χ2v) is 6.71. The fourth-order valence-electron chi connectivity index (χ4n) is 3.45. The van der Waals surface area contributed by atoms with Crippen molar-refractivity contribution in [2.45, 2.75) is 58.9 Å². The number of piperidine rings is 2. The van der Waals surface area contributed by atoms with E-state index >= 15 is 0 Å². The Balaban J connectivity index is 2.03. The van der Waals surface area contributed by atoms with Crippen molar-refractivity contribution in [3.8, 4) is 0 Å². The normalized spacial score (nSPS) is 28.1. The molecule has 2 atom stereocenters. The fraction of sp³-hybridized carbons (Fsp3) is 0.875. The average molecular weight is 280 g/mol. The van der Waals surface area contributed by atoms with Crippen molar-refractivity contribution in [2.24, 2.45) is 11.8 Å². The fourth-order valence-corrected chi connectivity index (χ4v) is 3.45. The number of carbonyl (C=O) groups excluding carboxylic acids is 2. The number of carbonyl (C=O) groups is 2. The van der Waals surface area contributed by atoms with Crippen molar-refractivity contribution in [1.29, 1.82) is 0 Å². The highest BCUT2D eigenvalue weighted by Gasteiger charge is 2.38. The summed E-state index contributed by atoms with van der Waals surface area (Å²) in [6, 6.07) is 0.0491. The molecule has 0 N–H and O–H groups in total. The third-order valence-corrected chi connectivity index (χ3v) is 4.61. The molecule has 4 nitrogen and oxygen atoms in total. The van der Waals surface area contributed by atoms with Crippen LogP contribution in [0.5, 0.6) is 0 Å². The van der Waals surface area contributed by atoms with Gasteiger partial charge in [-0.25, -0.2) is 0 Å². The molecule has 0 spiro atoms. The van der Waals surface area contributed by atoms with E-state index in [0.29, 0.717) is 12.3 Å². The maximum absolute atomic E-state index is 12.7. The minimum absolute atomic E-state index is 0.00421. The summed E-state index contributed by atoms with van der Waals surface area (Å²) in [5.74, 6) is 0.946. The molecule has 114 valence electrons. The van der Waals surface area contributed by atoms with Crippen molar-refractivity contribution in [1.82, 2.24) is 9.80 Å². The van der Waals surface area contributed by atoms with Gasteiger partial charge in [-0.2, -0.15) is 0 Å². The van der Waals surface area contributed by atoms with E-state index in [9.17, 15) is 9.59 Å². The minimum atomic E-state index is 0.00421. The third-order valence-electron chi connectivity index (χ3n) is 4.61. The van der Waals surface area contributed by atoms with Gasteiger partial charge in [0, 0.05) is 32.1 Å². The maximum Gasteiger partial charge on any atom is 0.227 e. The van der Waals surface area contributed by atoms with Crippen molar-refractivity contribution in [3.63, 3.8) is 0 Å². The van der Waals surface area contributed by atoms with Crippen LogP contribution in [-0.2, 0) is 9.59 Å². The standard InChI is InChI=1S/C16H28N2O2/c1-12(2)11-18-13(3)14(7-8-15(18)19)16(20)17-9-5-4-6-10-17/h12-14H,4-11H2,1-3H3/t13-,14-/m1/s1. The van der Waals surface area contributed by atoms with Crippen LogP contribution < -0.4 is 0 Å². The van der Waals surface area contributed by atoms with E-state index in [-0.39, 0.29) is 23.8 Å². The van der Waals surface area contributed by atoms with Crippen molar-refractivity contribution >= 4 is 11.8 Å². The lowest BCUT2D eigenvalue weighted by Crippen LogP contribution is -2.54. The molecule has 4 heteroatoms. The van der Waals surface area contributed by atoms with Crippen LogP contribution in [0.1, 0.15) is 52.9 Å². The zero-order valence-electron chi connectivity index (χ0n) is 13.1. The molecule has 2 amide bonds. The first-order valence-corrected chi connectivity index (χ1v) is 8.09. The number of nitrogens with zero attached hydrogens (tertiary/aromatic N) is 2. The summed E-state index contributed by atoms with van der Waals surface area (Å²) >= 11 is 0. The van der Waals surface area contributed by atoms with Gasteiger partial charge >= 0.3 is 0 Å². The van der Waals surface area contributed by atoms with E-state index in [4.69, 9.17) is 0 Å². The summed E-state index contributed by atoms with van der Waals surface area (Å²) in [7, 11) is 0. The van der Waals surface area contributed by atoms with E-state index in [1.807, 2.05) is 16.7 Å². The molecule has 0 aliphatic carbocycles. The highest BCUT2D eigenvalue weighted by Crippen LogP contribution is 2.28. The van der Waals surface area contributed by atoms with Gasteiger partial charge in [-0.15, -0.1) is 0 Å². The lowest BCUT2D eigenvalue weighted by atomic mass is 9.87. The smallest absolute Gasteiger partial charge is 0.227 e. The van der Waals surface area contributed by atoms with E-state index in [1.54, 1.807) is 0 Å². The molecule has 0 saturated carbocycles. The van der Waals surface area contributed by atoms with Gasteiger partial charge in [-0.3, -0.25) is 9.59 Å². The number of rotatable bonds is 3. The third kappa shape index (κ3) is 3.33. The van der Waals surface area contributed by atoms with E-state index < -0.39 is 0 Å². The average Bonchev–Trinajstić information content (AvgIpc) is 2.43. The van der Waals surface area contributed by atoms with Gasteiger partial charge in [-0.05, 0) is 38.5 Å². The first kappa shape index (κ1) is 15.3. The van der Waals surface area contributed by atoms with Crippen LogP contribution in [0.15, 0.2) is 0 Å². The molecule has 2 rings (SSSR count). The predicted octanol–water partition coefficient (Wildman–Crippen LogP) is 2.28. The molecular weight excluding hydrogens is 252 g/mol. The molecule has 0 bridgehead atoms. The van der Waals surface area contributed by atoms with Crippen LogP contribution in [0.2, 0.25) is 0 Å². The Bertz CT molecular complexity index is 361. The van der Waals surface area contributed by atoms with E-state index in [0.717, 1.165) is 38.9 Å². The van der Waals surface area contributed by atoms with Crippen molar-refractivity contribution < 1.29 is 9.59 Å². The SMILES string of the molecule is CC(C)CN1C(=O)CC[C@@H](C(=O)N2CCCCC2)[C@H]1C. The second kappa shape index (κ2) is 6.59. The van der Waals surface area contributed by atoms with Gasteiger partial charge in [-0.1, -0.05) is 13.8 Å². The van der Waals surface area contributed by atoms with Crippen molar-refractivity contribution in [3.05, 3.63) is 0 Å². The quantitative estimate of drug-likeness (QED) is 0.796. The summed E-state index contributed by atoms with van der Waals surface area (Å²) in [6.07, 6.45) is 4.75. The molecule has 2 aliphatic rings. The molecule has 0 unspecified atom stereocenters. The number of likely N-dealkylation sites (tertiary alicyclic amines) is 2. The lowest BCUT2D eigenvalue weighted by molar-refractivity contribution is -0.148. The van der Waals surface area contributed by atoms with E-state index in [1.165, 1.54) is 6.42 Å². The highest BCUT2D eigenvalue weighted by atomic mass is 16.2. The first-order valence-electron chi connectivity index (χ1n) is 8.09. The molecular formula is C16H28N2O2.